The van der Waals surface area contributed by atoms with Gasteiger partial charge < -0.3 is 10.5 Å². The first-order valence-corrected chi connectivity index (χ1v) is 6.80. The minimum atomic E-state index is -3.63. The number of anilines is 1. The molecule has 0 bridgehead atoms. The smallest absolute Gasteiger partial charge is 0.246 e. The molecule has 2 N–H and O–H groups in total. The number of nitrogens with zero attached hydrogens (tertiary/aromatic N) is 1. The predicted molar refractivity (Wildman–Crippen MR) is 72.2 cm³/mol. The Morgan fingerprint density at radius 3 is 2.61 bits per heavy atom. The summed E-state index contributed by atoms with van der Waals surface area (Å²) < 4.78 is 30.9. The first-order valence-electron chi connectivity index (χ1n) is 5.36. The molecule has 0 atom stereocenters. The third kappa shape index (κ3) is 2.65. The number of nitrogens with two attached hydrogens (primary N) is 1. The molecule has 0 spiro atoms. The van der Waals surface area contributed by atoms with E-state index >= 15 is 0 Å². The highest BCUT2D eigenvalue weighted by Gasteiger charge is 2.24. The molecule has 6 heteroatoms. The van der Waals surface area contributed by atoms with Gasteiger partial charge in [0.15, 0.2) is 0 Å². The van der Waals surface area contributed by atoms with Crippen LogP contribution in [0.3, 0.4) is 0 Å². The van der Waals surface area contributed by atoms with Gasteiger partial charge in [-0.1, -0.05) is 6.08 Å². The highest BCUT2D eigenvalue weighted by molar-refractivity contribution is 7.89. The number of sulfonamides is 1. The maximum absolute atomic E-state index is 12.3. The van der Waals surface area contributed by atoms with Gasteiger partial charge in [-0.25, -0.2) is 8.42 Å². The second kappa shape index (κ2) is 5.41. The lowest BCUT2D eigenvalue weighted by Crippen LogP contribution is -2.27. The largest absolute Gasteiger partial charge is 0.495 e. The van der Waals surface area contributed by atoms with Crippen LogP contribution >= 0.6 is 0 Å². The number of rotatable bonds is 5. The zero-order chi connectivity index (χ0) is 13.9. The van der Waals surface area contributed by atoms with Gasteiger partial charge in [0.1, 0.15) is 10.6 Å². The molecule has 0 aromatic heterocycles. The first kappa shape index (κ1) is 14.5. The minimum absolute atomic E-state index is 0.0671. The SMILES string of the molecule is C=CCN(C)S(=O)(=O)c1cc(N)c(C)cc1OC. The van der Waals surface area contributed by atoms with Crippen molar-refractivity contribution in [3.8, 4) is 5.75 Å². The highest BCUT2D eigenvalue weighted by atomic mass is 32.2. The average molecular weight is 270 g/mol. The van der Waals surface area contributed by atoms with E-state index in [1.807, 2.05) is 0 Å². The average Bonchev–Trinajstić information content (AvgIpc) is 2.32. The van der Waals surface area contributed by atoms with E-state index < -0.39 is 10.0 Å². The number of ether oxygens (including phenoxy) is 1. The zero-order valence-electron chi connectivity index (χ0n) is 10.8. The number of hydrogen-bond donors (Lipinski definition) is 1. The normalized spacial score (nSPS) is 11.6. The number of nitrogen functional groups attached to an aromatic ring is 1. The first-order chi connectivity index (χ1) is 8.34. The summed E-state index contributed by atoms with van der Waals surface area (Å²) in [4.78, 5) is 0.0671. The maximum Gasteiger partial charge on any atom is 0.246 e. The topological polar surface area (TPSA) is 72.6 Å². The minimum Gasteiger partial charge on any atom is -0.495 e. The molecule has 100 valence electrons. The Labute approximate surface area is 108 Å². The van der Waals surface area contributed by atoms with Gasteiger partial charge in [0.05, 0.1) is 7.11 Å². The Balaban J connectivity index is 3.40. The second-order valence-electron chi connectivity index (χ2n) is 3.93. The lowest BCUT2D eigenvalue weighted by Gasteiger charge is -2.18. The molecule has 0 radical (unpaired) electrons. The van der Waals surface area contributed by atoms with Gasteiger partial charge in [-0.2, -0.15) is 4.31 Å². The van der Waals surface area contributed by atoms with Gasteiger partial charge in [-0.05, 0) is 24.6 Å². The van der Waals surface area contributed by atoms with Crippen LogP contribution in [0.5, 0.6) is 5.75 Å². The van der Waals surface area contributed by atoms with Crippen LogP contribution in [0.2, 0.25) is 0 Å². The molecule has 5 nitrogen and oxygen atoms in total. The molecular weight excluding hydrogens is 252 g/mol. The Kier molecular flexibility index (Phi) is 4.37. The molecule has 0 heterocycles. The third-order valence-corrected chi connectivity index (χ3v) is 4.47. The summed E-state index contributed by atoms with van der Waals surface area (Å²) >= 11 is 0. The Morgan fingerprint density at radius 1 is 1.50 bits per heavy atom. The number of methoxy groups -OCH3 is 1. The standard InChI is InChI=1S/C12H18N2O3S/c1-5-6-14(3)18(15,16)12-8-10(13)9(2)7-11(12)17-4/h5,7-8H,1,6,13H2,2-4H3. The molecule has 0 amide bonds. The fourth-order valence-corrected chi connectivity index (χ4v) is 2.80. The van der Waals surface area contributed by atoms with Crippen LogP contribution in [0.25, 0.3) is 0 Å². The van der Waals surface area contributed by atoms with Crippen molar-refractivity contribution in [1.29, 1.82) is 0 Å². The van der Waals surface area contributed by atoms with E-state index in [2.05, 4.69) is 6.58 Å². The molecule has 0 saturated heterocycles. The van der Waals surface area contributed by atoms with Gasteiger partial charge in [0.25, 0.3) is 0 Å². The molecule has 1 rings (SSSR count). The van der Waals surface area contributed by atoms with Crippen molar-refractivity contribution >= 4 is 15.7 Å². The summed E-state index contributed by atoms with van der Waals surface area (Å²) in [5.41, 5.74) is 6.95. The molecule has 0 aliphatic carbocycles. The molecule has 1 aromatic rings. The highest BCUT2D eigenvalue weighted by Crippen LogP contribution is 2.30. The third-order valence-electron chi connectivity index (χ3n) is 2.63. The summed E-state index contributed by atoms with van der Waals surface area (Å²) in [5.74, 6) is 0.289. The van der Waals surface area contributed by atoms with Crippen molar-refractivity contribution in [2.45, 2.75) is 11.8 Å². The summed E-state index contributed by atoms with van der Waals surface area (Å²) in [7, 11) is -0.719. The second-order valence-corrected chi connectivity index (χ2v) is 5.95. The van der Waals surface area contributed by atoms with Crippen LogP contribution in [-0.4, -0.2) is 33.4 Å². The molecule has 0 aliphatic heterocycles. The van der Waals surface area contributed by atoms with Crippen molar-refractivity contribution in [2.24, 2.45) is 0 Å². The van der Waals surface area contributed by atoms with Gasteiger partial charge in [-0.15, -0.1) is 6.58 Å². The lowest BCUT2D eigenvalue weighted by molar-refractivity contribution is 0.399. The maximum atomic E-state index is 12.3. The van der Waals surface area contributed by atoms with Crippen molar-refractivity contribution in [3.05, 3.63) is 30.4 Å². The van der Waals surface area contributed by atoms with E-state index in [0.29, 0.717) is 5.69 Å². The zero-order valence-corrected chi connectivity index (χ0v) is 11.6. The molecule has 0 saturated carbocycles. The number of benzene rings is 1. The molecule has 18 heavy (non-hydrogen) atoms. The van der Waals surface area contributed by atoms with Gasteiger partial charge in [-0.3, -0.25) is 0 Å². The Bertz CT molecular complexity index is 553. The number of likely N-dealkylation sites (N-methyl/N-ethyl adjacent to an activating group) is 1. The van der Waals surface area contributed by atoms with E-state index in [1.165, 1.54) is 30.6 Å². The van der Waals surface area contributed by atoms with E-state index in [9.17, 15) is 8.42 Å². The summed E-state index contributed by atoms with van der Waals surface area (Å²) in [6, 6.07) is 3.03. The number of aryl methyl sites for hydroxylation is 1. The number of hydrogen-bond acceptors (Lipinski definition) is 4. The van der Waals surface area contributed by atoms with Crippen LogP contribution < -0.4 is 10.5 Å². The van der Waals surface area contributed by atoms with Gasteiger partial charge in [0, 0.05) is 19.3 Å². The molecule has 0 fully saturated rings. The van der Waals surface area contributed by atoms with Crippen molar-refractivity contribution in [3.63, 3.8) is 0 Å². The van der Waals surface area contributed by atoms with Crippen LogP contribution in [0.15, 0.2) is 29.7 Å². The van der Waals surface area contributed by atoms with Crippen LogP contribution in [0.4, 0.5) is 5.69 Å². The van der Waals surface area contributed by atoms with E-state index in [4.69, 9.17) is 10.5 Å². The van der Waals surface area contributed by atoms with E-state index in [-0.39, 0.29) is 17.2 Å². The monoisotopic (exact) mass is 270 g/mol. The van der Waals surface area contributed by atoms with Gasteiger partial charge >= 0.3 is 0 Å². The van der Waals surface area contributed by atoms with Crippen LogP contribution in [-0.2, 0) is 10.0 Å². The predicted octanol–water partition coefficient (Wildman–Crippen LogP) is 1.39. The molecular formula is C12H18N2O3S. The lowest BCUT2D eigenvalue weighted by atomic mass is 10.2. The Morgan fingerprint density at radius 2 is 2.11 bits per heavy atom. The molecule has 0 unspecified atom stereocenters. The fourth-order valence-electron chi connectivity index (χ4n) is 1.49. The summed E-state index contributed by atoms with van der Waals surface area (Å²) in [6.07, 6.45) is 1.52. The molecule has 0 aliphatic rings. The van der Waals surface area contributed by atoms with Gasteiger partial charge in [0.2, 0.25) is 10.0 Å². The summed E-state index contributed by atoms with van der Waals surface area (Å²) in [6.45, 7) is 5.53. The molecule has 1 aromatic carbocycles. The van der Waals surface area contributed by atoms with Crippen LogP contribution in [0, 0.1) is 6.92 Å². The quantitative estimate of drug-likeness (QED) is 0.648. The Hall–Kier alpha value is -1.53. The van der Waals surface area contributed by atoms with Crippen molar-refractivity contribution in [2.75, 3.05) is 26.4 Å². The van der Waals surface area contributed by atoms with Crippen molar-refractivity contribution in [1.82, 2.24) is 4.31 Å². The van der Waals surface area contributed by atoms with E-state index in [0.717, 1.165) is 5.56 Å². The van der Waals surface area contributed by atoms with Crippen molar-refractivity contribution < 1.29 is 13.2 Å². The van der Waals surface area contributed by atoms with E-state index in [1.54, 1.807) is 13.0 Å². The fraction of sp³-hybridized carbons (Fsp3) is 0.333. The van der Waals surface area contributed by atoms with Crippen LogP contribution in [0.1, 0.15) is 5.56 Å². The summed E-state index contributed by atoms with van der Waals surface area (Å²) in [5, 5.41) is 0.